The summed E-state index contributed by atoms with van der Waals surface area (Å²) in [7, 11) is 0. The van der Waals surface area contributed by atoms with Crippen molar-refractivity contribution in [3.05, 3.63) is 53.2 Å². The number of nitrogens with one attached hydrogen (secondary N) is 1. The maximum atomic E-state index is 13.4. The van der Waals surface area contributed by atoms with Crippen LogP contribution in [0.2, 0.25) is 0 Å². The molecule has 1 N–H and O–H groups in total. The molecule has 2 aliphatic heterocycles. The first-order chi connectivity index (χ1) is 15.4. The number of carbonyl (C=O) groups excluding carboxylic acids is 1. The lowest BCUT2D eigenvalue weighted by molar-refractivity contribution is -0.135. The van der Waals surface area contributed by atoms with Crippen molar-refractivity contribution in [3.63, 3.8) is 0 Å². The van der Waals surface area contributed by atoms with E-state index in [9.17, 15) is 9.18 Å². The average Bonchev–Trinajstić information content (AvgIpc) is 3.18. The van der Waals surface area contributed by atoms with Gasteiger partial charge in [0.15, 0.2) is 0 Å². The second-order valence-electron chi connectivity index (χ2n) is 8.91. The third-order valence-corrected chi connectivity index (χ3v) is 6.23. The molecular formula is C24H32FN5O2. The van der Waals surface area contributed by atoms with Gasteiger partial charge in [-0.05, 0) is 31.0 Å². The van der Waals surface area contributed by atoms with Crippen molar-refractivity contribution in [2.75, 3.05) is 37.6 Å². The molecule has 0 aliphatic carbocycles. The highest BCUT2D eigenvalue weighted by atomic mass is 19.1. The Balaban J connectivity index is 1.42. The van der Waals surface area contributed by atoms with Crippen molar-refractivity contribution in [2.45, 2.75) is 45.9 Å². The van der Waals surface area contributed by atoms with Gasteiger partial charge in [0.25, 0.3) is 0 Å². The number of amides is 1. The highest BCUT2D eigenvalue weighted by molar-refractivity contribution is 5.79. The fourth-order valence-electron chi connectivity index (χ4n) is 4.42. The minimum atomic E-state index is -0.260. The predicted octanol–water partition coefficient (Wildman–Crippen LogP) is 2.71. The van der Waals surface area contributed by atoms with Gasteiger partial charge in [0.1, 0.15) is 18.0 Å². The van der Waals surface area contributed by atoms with Crippen LogP contribution in [0, 0.1) is 11.7 Å². The van der Waals surface area contributed by atoms with Crippen molar-refractivity contribution in [1.29, 1.82) is 0 Å². The first-order valence-corrected chi connectivity index (χ1v) is 11.4. The molecule has 4 rings (SSSR count). The SMILES string of the molecule is CC(C)NCC(Cc1ccc(F)cc1)C(=O)N1CCN(c2ncnc3c2[C@H](C)OC3)CC1. The first-order valence-electron chi connectivity index (χ1n) is 11.4. The van der Waals surface area contributed by atoms with Crippen LogP contribution in [0.5, 0.6) is 0 Å². The largest absolute Gasteiger partial charge is 0.367 e. The van der Waals surface area contributed by atoms with Crippen LogP contribution >= 0.6 is 0 Å². The molecule has 7 nitrogen and oxygen atoms in total. The monoisotopic (exact) mass is 441 g/mol. The molecule has 2 atom stereocenters. The van der Waals surface area contributed by atoms with Crippen LogP contribution in [0.25, 0.3) is 0 Å². The number of hydrogen-bond acceptors (Lipinski definition) is 6. The molecular weight excluding hydrogens is 409 g/mol. The lowest BCUT2D eigenvalue weighted by Crippen LogP contribution is -2.52. The summed E-state index contributed by atoms with van der Waals surface area (Å²) in [6.07, 6.45) is 2.18. The highest BCUT2D eigenvalue weighted by Gasteiger charge is 2.32. The Kier molecular flexibility index (Phi) is 7.01. The number of rotatable bonds is 7. The van der Waals surface area contributed by atoms with E-state index in [1.54, 1.807) is 18.5 Å². The molecule has 0 saturated carbocycles. The Labute approximate surface area is 189 Å². The molecule has 0 spiro atoms. The maximum Gasteiger partial charge on any atom is 0.227 e. The number of anilines is 1. The molecule has 32 heavy (non-hydrogen) atoms. The molecule has 1 amide bonds. The summed E-state index contributed by atoms with van der Waals surface area (Å²) >= 11 is 0. The molecule has 3 heterocycles. The van der Waals surface area contributed by atoms with Gasteiger partial charge in [-0.15, -0.1) is 0 Å². The van der Waals surface area contributed by atoms with Crippen LogP contribution in [-0.2, 0) is 22.6 Å². The molecule has 8 heteroatoms. The summed E-state index contributed by atoms with van der Waals surface area (Å²) < 4.78 is 19.0. The van der Waals surface area contributed by atoms with Gasteiger partial charge in [-0.2, -0.15) is 0 Å². The Morgan fingerprint density at radius 3 is 2.59 bits per heavy atom. The smallest absolute Gasteiger partial charge is 0.227 e. The molecule has 1 fully saturated rings. The summed E-state index contributed by atoms with van der Waals surface area (Å²) in [5.41, 5.74) is 3.00. The predicted molar refractivity (Wildman–Crippen MR) is 121 cm³/mol. The van der Waals surface area contributed by atoms with E-state index in [4.69, 9.17) is 4.74 Å². The third-order valence-electron chi connectivity index (χ3n) is 6.23. The number of piperazine rings is 1. The van der Waals surface area contributed by atoms with E-state index in [0.717, 1.165) is 35.7 Å². The molecule has 0 bridgehead atoms. The second kappa shape index (κ2) is 9.92. The van der Waals surface area contributed by atoms with Crippen molar-refractivity contribution < 1.29 is 13.9 Å². The summed E-state index contributed by atoms with van der Waals surface area (Å²) in [6.45, 7) is 10.0. The number of carbonyl (C=O) groups is 1. The average molecular weight is 442 g/mol. The molecule has 2 aliphatic rings. The van der Waals surface area contributed by atoms with Gasteiger partial charge in [-0.25, -0.2) is 14.4 Å². The Bertz CT molecular complexity index is 928. The molecule has 2 aromatic rings. The maximum absolute atomic E-state index is 13.4. The second-order valence-corrected chi connectivity index (χ2v) is 8.91. The van der Waals surface area contributed by atoms with E-state index in [1.807, 2.05) is 11.8 Å². The number of ether oxygens (including phenoxy) is 1. The summed E-state index contributed by atoms with van der Waals surface area (Å²) in [5, 5.41) is 3.40. The number of hydrogen-bond donors (Lipinski definition) is 1. The number of benzene rings is 1. The molecule has 1 unspecified atom stereocenters. The zero-order valence-corrected chi connectivity index (χ0v) is 19.1. The number of fused-ring (bicyclic) bond motifs is 1. The fourth-order valence-corrected chi connectivity index (χ4v) is 4.42. The van der Waals surface area contributed by atoms with Crippen LogP contribution in [0.4, 0.5) is 10.2 Å². The minimum absolute atomic E-state index is 0.0111. The topological polar surface area (TPSA) is 70.6 Å². The summed E-state index contributed by atoms with van der Waals surface area (Å²) in [4.78, 5) is 26.5. The third kappa shape index (κ3) is 5.07. The number of nitrogens with zero attached hydrogens (tertiary/aromatic N) is 4. The zero-order valence-electron chi connectivity index (χ0n) is 19.1. The van der Waals surface area contributed by atoms with Crippen molar-refractivity contribution in [2.24, 2.45) is 5.92 Å². The van der Waals surface area contributed by atoms with Crippen molar-refractivity contribution in [3.8, 4) is 0 Å². The minimum Gasteiger partial charge on any atom is -0.367 e. The zero-order chi connectivity index (χ0) is 22.7. The van der Waals surface area contributed by atoms with E-state index >= 15 is 0 Å². The lowest BCUT2D eigenvalue weighted by Gasteiger charge is -2.38. The van der Waals surface area contributed by atoms with Crippen LogP contribution in [0.15, 0.2) is 30.6 Å². The quantitative estimate of drug-likeness (QED) is 0.713. The Hall–Kier alpha value is -2.58. The Morgan fingerprint density at radius 1 is 1.19 bits per heavy atom. The normalized spacial score (nSPS) is 19.3. The summed E-state index contributed by atoms with van der Waals surface area (Å²) in [6, 6.07) is 6.73. The van der Waals surface area contributed by atoms with Crippen LogP contribution in [0.1, 0.15) is 43.7 Å². The van der Waals surface area contributed by atoms with Gasteiger partial charge in [0.2, 0.25) is 5.91 Å². The van der Waals surface area contributed by atoms with E-state index in [2.05, 4.69) is 34.0 Å². The van der Waals surface area contributed by atoms with E-state index in [1.165, 1.54) is 12.1 Å². The highest BCUT2D eigenvalue weighted by Crippen LogP contribution is 2.35. The molecule has 172 valence electrons. The van der Waals surface area contributed by atoms with E-state index in [-0.39, 0.29) is 23.7 Å². The van der Waals surface area contributed by atoms with Crippen LogP contribution in [-0.4, -0.2) is 59.5 Å². The molecule has 1 saturated heterocycles. The van der Waals surface area contributed by atoms with Gasteiger partial charge in [-0.1, -0.05) is 26.0 Å². The molecule has 1 aromatic carbocycles. The summed E-state index contributed by atoms with van der Waals surface area (Å²) in [5.74, 6) is 0.623. The Morgan fingerprint density at radius 2 is 1.91 bits per heavy atom. The van der Waals surface area contributed by atoms with Crippen LogP contribution in [0.3, 0.4) is 0 Å². The molecule has 1 aromatic heterocycles. The number of halogens is 1. The van der Waals surface area contributed by atoms with Gasteiger partial charge < -0.3 is 19.9 Å². The first kappa shape index (κ1) is 22.6. The number of aromatic nitrogens is 2. The van der Waals surface area contributed by atoms with Gasteiger partial charge >= 0.3 is 0 Å². The van der Waals surface area contributed by atoms with Crippen molar-refractivity contribution >= 4 is 11.7 Å². The van der Waals surface area contributed by atoms with E-state index in [0.29, 0.717) is 38.7 Å². The van der Waals surface area contributed by atoms with E-state index < -0.39 is 0 Å². The van der Waals surface area contributed by atoms with Crippen LogP contribution < -0.4 is 10.2 Å². The fraction of sp³-hybridized carbons (Fsp3) is 0.542. The lowest BCUT2D eigenvalue weighted by atomic mass is 9.97. The van der Waals surface area contributed by atoms with Gasteiger partial charge in [0.05, 0.1) is 24.3 Å². The van der Waals surface area contributed by atoms with Crippen molar-refractivity contribution in [1.82, 2.24) is 20.2 Å². The van der Waals surface area contributed by atoms with Gasteiger partial charge in [0, 0.05) is 44.3 Å². The van der Waals surface area contributed by atoms with Gasteiger partial charge in [-0.3, -0.25) is 4.79 Å². The standard InChI is InChI=1S/C24H32FN5O2/c1-16(2)26-13-19(12-18-4-6-20(25)7-5-18)24(31)30-10-8-29(9-11-30)23-22-17(3)32-14-21(22)27-15-28-23/h4-7,15-17,19,26H,8-14H2,1-3H3/t17-,19?/m0/s1. The molecule has 0 radical (unpaired) electrons.